The Morgan fingerprint density at radius 3 is 2.73 bits per heavy atom. The molecule has 0 atom stereocenters. The first-order valence-corrected chi connectivity index (χ1v) is 3.96. The zero-order valence-corrected chi connectivity index (χ0v) is 7.64. The van der Waals surface area contributed by atoms with Crippen molar-refractivity contribution in [3.63, 3.8) is 0 Å². The third kappa shape index (κ3) is 2.31. The standard InChI is InChI=1S/C9H8N2O4/c1-2-6-7(10-9(12)13)4-3-5-8(6)11(14)15/h2-5,10H,1H2,(H,12,13). The number of amides is 1. The maximum Gasteiger partial charge on any atom is 0.409 e. The van der Waals surface area contributed by atoms with Crippen molar-refractivity contribution in [3.8, 4) is 0 Å². The Labute approximate surface area is 85.0 Å². The number of carboxylic acid groups (broad SMARTS) is 1. The van der Waals surface area contributed by atoms with Gasteiger partial charge in [-0.05, 0) is 6.07 Å². The number of nitro groups is 1. The number of benzene rings is 1. The fourth-order valence-electron chi connectivity index (χ4n) is 1.15. The van der Waals surface area contributed by atoms with Crippen LogP contribution < -0.4 is 5.32 Å². The maximum absolute atomic E-state index is 10.6. The largest absolute Gasteiger partial charge is 0.465 e. The summed E-state index contributed by atoms with van der Waals surface area (Å²) in [5.41, 5.74) is 0.118. The van der Waals surface area contributed by atoms with Gasteiger partial charge in [0.05, 0.1) is 16.2 Å². The molecule has 2 N–H and O–H groups in total. The van der Waals surface area contributed by atoms with Crippen molar-refractivity contribution in [2.45, 2.75) is 0 Å². The lowest BCUT2D eigenvalue weighted by Crippen LogP contribution is -2.09. The van der Waals surface area contributed by atoms with Crippen LogP contribution in [-0.4, -0.2) is 16.1 Å². The lowest BCUT2D eigenvalue weighted by molar-refractivity contribution is -0.385. The van der Waals surface area contributed by atoms with Gasteiger partial charge in [0.15, 0.2) is 0 Å². The SMILES string of the molecule is C=Cc1c(NC(=O)O)cccc1[N+](=O)[O-]. The predicted molar refractivity (Wildman–Crippen MR) is 54.8 cm³/mol. The number of nitro benzene ring substituents is 1. The number of carbonyl (C=O) groups is 1. The van der Waals surface area contributed by atoms with Gasteiger partial charge in [-0.15, -0.1) is 0 Å². The highest BCUT2D eigenvalue weighted by Gasteiger charge is 2.15. The van der Waals surface area contributed by atoms with Crippen LogP contribution in [0.4, 0.5) is 16.2 Å². The average molecular weight is 208 g/mol. The van der Waals surface area contributed by atoms with Crippen molar-refractivity contribution in [2.24, 2.45) is 0 Å². The summed E-state index contributed by atoms with van der Waals surface area (Å²) in [6, 6.07) is 4.11. The Bertz CT molecular complexity index is 428. The summed E-state index contributed by atoms with van der Waals surface area (Å²) >= 11 is 0. The van der Waals surface area contributed by atoms with Crippen LogP contribution in [-0.2, 0) is 0 Å². The van der Waals surface area contributed by atoms with E-state index >= 15 is 0 Å². The van der Waals surface area contributed by atoms with Crippen LogP contribution in [0.5, 0.6) is 0 Å². The van der Waals surface area contributed by atoms with Crippen LogP contribution in [0.3, 0.4) is 0 Å². The van der Waals surface area contributed by atoms with E-state index < -0.39 is 11.0 Å². The van der Waals surface area contributed by atoms with Gasteiger partial charge in [0.2, 0.25) is 0 Å². The summed E-state index contributed by atoms with van der Waals surface area (Å²) in [6.07, 6.45) is -0.0396. The molecule has 1 aromatic rings. The molecule has 0 radical (unpaired) electrons. The normalized spacial score (nSPS) is 9.33. The molecule has 0 fully saturated rings. The number of nitrogens with one attached hydrogen (secondary N) is 1. The second-order valence-corrected chi connectivity index (χ2v) is 2.63. The average Bonchev–Trinajstić information content (AvgIpc) is 2.16. The first kappa shape index (κ1) is 10.7. The maximum atomic E-state index is 10.6. The summed E-state index contributed by atoms with van der Waals surface area (Å²) in [7, 11) is 0. The van der Waals surface area contributed by atoms with Gasteiger partial charge < -0.3 is 5.11 Å². The molecule has 0 aliphatic rings. The highest BCUT2D eigenvalue weighted by Crippen LogP contribution is 2.27. The Morgan fingerprint density at radius 1 is 1.60 bits per heavy atom. The number of hydrogen-bond donors (Lipinski definition) is 2. The fraction of sp³-hybridized carbons (Fsp3) is 0. The summed E-state index contributed by atoms with van der Waals surface area (Å²) in [5.74, 6) is 0. The smallest absolute Gasteiger partial charge is 0.409 e. The number of hydrogen-bond acceptors (Lipinski definition) is 3. The van der Waals surface area contributed by atoms with Gasteiger partial charge in [0.1, 0.15) is 0 Å². The van der Waals surface area contributed by atoms with Gasteiger partial charge in [0.25, 0.3) is 5.69 Å². The molecule has 0 spiro atoms. The van der Waals surface area contributed by atoms with E-state index in [0.717, 1.165) is 0 Å². The molecule has 1 aromatic carbocycles. The van der Waals surface area contributed by atoms with Gasteiger partial charge >= 0.3 is 6.09 Å². The van der Waals surface area contributed by atoms with Gasteiger partial charge in [-0.1, -0.05) is 18.7 Å². The van der Waals surface area contributed by atoms with E-state index in [9.17, 15) is 14.9 Å². The second kappa shape index (κ2) is 4.23. The quantitative estimate of drug-likeness (QED) is 0.588. The number of rotatable bonds is 3. The third-order valence-corrected chi connectivity index (χ3v) is 1.73. The minimum Gasteiger partial charge on any atom is -0.465 e. The fourth-order valence-corrected chi connectivity index (χ4v) is 1.15. The molecule has 0 bridgehead atoms. The molecule has 0 saturated heterocycles. The lowest BCUT2D eigenvalue weighted by Gasteiger charge is -2.05. The zero-order chi connectivity index (χ0) is 11.4. The van der Waals surface area contributed by atoms with Gasteiger partial charge in [0, 0.05) is 6.07 Å². The topological polar surface area (TPSA) is 92.5 Å². The van der Waals surface area contributed by atoms with E-state index in [2.05, 4.69) is 11.9 Å². The number of nitrogens with zero attached hydrogens (tertiary/aromatic N) is 1. The molecule has 15 heavy (non-hydrogen) atoms. The van der Waals surface area contributed by atoms with Crippen LogP contribution in [0.15, 0.2) is 24.8 Å². The molecule has 0 unspecified atom stereocenters. The first-order chi connectivity index (χ1) is 7.06. The minimum absolute atomic E-state index is 0.145. The van der Waals surface area contributed by atoms with Crippen LogP contribution in [0.1, 0.15) is 5.56 Å². The summed E-state index contributed by atoms with van der Waals surface area (Å²) < 4.78 is 0. The first-order valence-electron chi connectivity index (χ1n) is 3.96. The second-order valence-electron chi connectivity index (χ2n) is 2.63. The van der Waals surface area contributed by atoms with Crippen LogP contribution in [0.2, 0.25) is 0 Å². The van der Waals surface area contributed by atoms with Crippen LogP contribution in [0, 0.1) is 10.1 Å². The van der Waals surface area contributed by atoms with E-state index in [1.807, 2.05) is 0 Å². The molecule has 0 aliphatic carbocycles. The highest BCUT2D eigenvalue weighted by molar-refractivity contribution is 5.88. The molecule has 1 amide bonds. The van der Waals surface area contributed by atoms with E-state index in [-0.39, 0.29) is 16.9 Å². The minimum atomic E-state index is -1.28. The molecule has 1 rings (SSSR count). The highest BCUT2D eigenvalue weighted by atomic mass is 16.6. The van der Waals surface area contributed by atoms with Crippen molar-refractivity contribution in [2.75, 3.05) is 5.32 Å². The molecule has 6 nitrogen and oxygen atoms in total. The monoisotopic (exact) mass is 208 g/mol. The molecule has 0 heterocycles. The Kier molecular flexibility index (Phi) is 3.02. The molecule has 6 heteroatoms. The molecular weight excluding hydrogens is 200 g/mol. The van der Waals surface area contributed by atoms with Crippen molar-refractivity contribution in [3.05, 3.63) is 40.5 Å². The summed E-state index contributed by atoms with van der Waals surface area (Å²) in [5, 5.41) is 21.2. The molecule has 78 valence electrons. The summed E-state index contributed by atoms with van der Waals surface area (Å²) in [6.45, 7) is 3.40. The van der Waals surface area contributed by atoms with Crippen LogP contribution >= 0.6 is 0 Å². The zero-order valence-electron chi connectivity index (χ0n) is 7.64. The predicted octanol–water partition coefficient (Wildman–Crippen LogP) is 2.33. The number of anilines is 1. The van der Waals surface area contributed by atoms with Crippen molar-refractivity contribution in [1.82, 2.24) is 0 Å². The molecule has 0 aliphatic heterocycles. The van der Waals surface area contributed by atoms with Gasteiger partial charge in [-0.25, -0.2) is 4.79 Å². The Balaban J connectivity index is 3.27. The van der Waals surface area contributed by atoms with Gasteiger partial charge in [-0.2, -0.15) is 0 Å². The van der Waals surface area contributed by atoms with E-state index in [4.69, 9.17) is 5.11 Å². The Morgan fingerprint density at radius 2 is 2.27 bits per heavy atom. The van der Waals surface area contributed by atoms with Crippen molar-refractivity contribution in [1.29, 1.82) is 0 Å². The van der Waals surface area contributed by atoms with Crippen LogP contribution in [0.25, 0.3) is 6.08 Å². The lowest BCUT2D eigenvalue weighted by atomic mass is 10.1. The van der Waals surface area contributed by atoms with E-state index in [1.165, 1.54) is 24.3 Å². The molecular formula is C9H8N2O4. The third-order valence-electron chi connectivity index (χ3n) is 1.73. The van der Waals surface area contributed by atoms with Gasteiger partial charge in [-0.3, -0.25) is 15.4 Å². The Hall–Kier alpha value is -2.37. The van der Waals surface area contributed by atoms with Crippen molar-refractivity contribution < 1.29 is 14.8 Å². The van der Waals surface area contributed by atoms with E-state index in [0.29, 0.717) is 0 Å². The summed E-state index contributed by atoms with van der Waals surface area (Å²) in [4.78, 5) is 20.4. The molecule has 0 aromatic heterocycles. The molecule has 0 saturated carbocycles. The van der Waals surface area contributed by atoms with Crippen molar-refractivity contribution >= 4 is 23.5 Å². The van der Waals surface area contributed by atoms with E-state index in [1.54, 1.807) is 0 Å².